The number of hydrogen-bond donors (Lipinski definition) is 1. The molecular formula is C15H14N6. The van der Waals surface area contributed by atoms with Gasteiger partial charge in [0.25, 0.3) is 0 Å². The van der Waals surface area contributed by atoms with Gasteiger partial charge in [0.05, 0.1) is 34.5 Å². The zero-order valence-electron chi connectivity index (χ0n) is 11.6. The molecule has 4 rings (SSSR count). The van der Waals surface area contributed by atoms with E-state index < -0.39 is 0 Å². The second kappa shape index (κ2) is 4.39. The Morgan fingerprint density at radius 2 is 2.10 bits per heavy atom. The third-order valence-corrected chi connectivity index (χ3v) is 3.75. The van der Waals surface area contributed by atoms with E-state index in [-0.39, 0.29) is 0 Å². The summed E-state index contributed by atoms with van der Waals surface area (Å²) in [6.45, 7) is 0.516. The second-order valence-electron chi connectivity index (χ2n) is 4.99. The second-order valence-corrected chi connectivity index (χ2v) is 4.99. The number of nitrogens with zero attached hydrogens (tertiary/aromatic N) is 5. The summed E-state index contributed by atoms with van der Waals surface area (Å²) in [4.78, 5) is 8.91. The number of nitrogens with two attached hydrogens (primary N) is 1. The average molecular weight is 278 g/mol. The minimum Gasteiger partial charge on any atom is -0.327 e. The van der Waals surface area contributed by atoms with E-state index in [2.05, 4.69) is 20.7 Å². The largest absolute Gasteiger partial charge is 0.327 e. The topological polar surface area (TPSA) is 74.0 Å². The summed E-state index contributed by atoms with van der Waals surface area (Å²) < 4.78 is 3.87. The van der Waals surface area contributed by atoms with Crippen LogP contribution in [0.25, 0.3) is 27.9 Å². The van der Waals surface area contributed by atoms with Crippen LogP contribution >= 0.6 is 0 Å². The summed E-state index contributed by atoms with van der Waals surface area (Å²) in [5.74, 6) is 0.877. The third kappa shape index (κ3) is 1.73. The molecule has 0 aliphatic heterocycles. The molecule has 0 amide bonds. The SMILES string of the molecule is Cn1c(-c2cnn3ccncc23)nc2cc(CN)ccc21. The van der Waals surface area contributed by atoms with Crippen LogP contribution < -0.4 is 5.73 Å². The maximum atomic E-state index is 5.70. The van der Waals surface area contributed by atoms with E-state index in [1.165, 1.54) is 0 Å². The molecule has 6 heteroatoms. The van der Waals surface area contributed by atoms with E-state index in [1.807, 2.05) is 31.6 Å². The van der Waals surface area contributed by atoms with Crippen molar-refractivity contribution in [3.63, 3.8) is 0 Å². The number of rotatable bonds is 2. The van der Waals surface area contributed by atoms with Gasteiger partial charge in [-0.15, -0.1) is 0 Å². The first-order valence-electron chi connectivity index (χ1n) is 6.71. The number of fused-ring (bicyclic) bond motifs is 2. The Labute approximate surface area is 120 Å². The van der Waals surface area contributed by atoms with Crippen molar-refractivity contribution in [1.29, 1.82) is 0 Å². The first-order chi connectivity index (χ1) is 10.3. The molecule has 0 fully saturated rings. The molecule has 3 heterocycles. The molecule has 6 nitrogen and oxygen atoms in total. The van der Waals surface area contributed by atoms with Gasteiger partial charge in [-0.25, -0.2) is 9.50 Å². The van der Waals surface area contributed by atoms with Crippen LogP contribution in [0, 0.1) is 0 Å². The van der Waals surface area contributed by atoms with Gasteiger partial charge in [-0.1, -0.05) is 6.07 Å². The molecule has 0 radical (unpaired) electrons. The lowest BCUT2D eigenvalue weighted by Crippen LogP contribution is -1.95. The third-order valence-electron chi connectivity index (χ3n) is 3.75. The normalized spacial score (nSPS) is 11.5. The molecule has 0 atom stereocenters. The number of imidazole rings is 1. The van der Waals surface area contributed by atoms with Crippen molar-refractivity contribution < 1.29 is 0 Å². The number of hydrogen-bond acceptors (Lipinski definition) is 4. The minimum atomic E-state index is 0.516. The van der Waals surface area contributed by atoms with E-state index in [0.29, 0.717) is 6.54 Å². The average Bonchev–Trinajstić information content (AvgIpc) is 3.08. The zero-order valence-corrected chi connectivity index (χ0v) is 11.6. The monoisotopic (exact) mass is 278 g/mol. The fraction of sp³-hybridized carbons (Fsp3) is 0.133. The van der Waals surface area contributed by atoms with Gasteiger partial charge >= 0.3 is 0 Å². The summed E-state index contributed by atoms with van der Waals surface area (Å²) in [6.07, 6.45) is 7.16. The molecule has 21 heavy (non-hydrogen) atoms. The van der Waals surface area contributed by atoms with Crippen molar-refractivity contribution >= 4 is 16.6 Å². The lowest BCUT2D eigenvalue weighted by atomic mass is 10.2. The van der Waals surface area contributed by atoms with Crippen LogP contribution in [0.3, 0.4) is 0 Å². The van der Waals surface area contributed by atoms with Gasteiger partial charge in [-0.3, -0.25) is 4.98 Å². The van der Waals surface area contributed by atoms with Crippen LogP contribution in [0.2, 0.25) is 0 Å². The predicted molar refractivity (Wildman–Crippen MR) is 80.6 cm³/mol. The van der Waals surface area contributed by atoms with Gasteiger partial charge < -0.3 is 10.3 Å². The van der Waals surface area contributed by atoms with Gasteiger partial charge in [-0.05, 0) is 17.7 Å². The molecule has 3 aromatic heterocycles. The first kappa shape index (κ1) is 12.0. The van der Waals surface area contributed by atoms with E-state index in [0.717, 1.165) is 33.5 Å². The Kier molecular flexibility index (Phi) is 2.52. The molecular weight excluding hydrogens is 264 g/mol. The van der Waals surface area contributed by atoms with E-state index in [1.54, 1.807) is 16.9 Å². The maximum Gasteiger partial charge on any atom is 0.144 e. The molecule has 0 unspecified atom stereocenters. The van der Waals surface area contributed by atoms with Crippen LogP contribution in [0.15, 0.2) is 43.0 Å². The molecule has 1 aromatic carbocycles. The van der Waals surface area contributed by atoms with Crippen molar-refractivity contribution in [1.82, 2.24) is 24.1 Å². The van der Waals surface area contributed by atoms with Gasteiger partial charge in [0.2, 0.25) is 0 Å². The smallest absolute Gasteiger partial charge is 0.144 e. The highest BCUT2D eigenvalue weighted by molar-refractivity contribution is 5.85. The molecule has 2 N–H and O–H groups in total. The summed E-state index contributed by atoms with van der Waals surface area (Å²) in [6, 6.07) is 6.12. The van der Waals surface area contributed by atoms with E-state index >= 15 is 0 Å². The Morgan fingerprint density at radius 3 is 2.95 bits per heavy atom. The van der Waals surface area contributed by atoms with Gasteiger partial charge in [-0.2, -0.15) is 5.10 Å². The number of aromatic nitrogens is 5. The fourth-order valence-corrected chi connectivity index (χ4v) is 2.62. The van der Waals surface area contributed by atoms with Crippen molar-refractivity contribution in [2.24, 2.45) is 12.8 Å². The lowest BCUT2D eigenvalue weighted by molar-refractivity contribution is 0.946. The Balaban J connectivity index is 2.00. The molecule has 0 aliphatic rings. The van der Waals surface area contributed by atoms with Crippen molar-refractivity contribution in [2.75, 3.05) is 0 Å². The Morgan fingerprint density at radius 1 is 1.19 bits per heavy atom. The summed E-state index contributed by atoms with van der Waals surface area (Å²) >= 11 is 0. The van der Waals surface area contributed by atoms with Gasteiger partial charge in [0.1, 0.15) is 5.82 Å². The standard InChI is InChI=1S/C15H14N6/c1-20-13-3-2-10(7-16)6-12(13)19-15(20)11-8-18-21-5-4-17-9-14(11)21/h2-6,8-9H,7,16H2,1H3. The van der Waals surface area contributed by atoms with Crippen LogP contribution in [0.1, 0.15) is 5.56 Å². The van der Waals surface area contributed by atoms with Crippen LogP contribution in [-0.4, -0.2) is 24.1 Å². The quantitative estimate of drug-likeness (QED) is 0.606. The molecule has 104 valence electrons. The Bertz CT molecular complexity index is 949. The highest BCUT2D eigenvalue weighted by atomic mass is 15.2. The number of benzene rings is 1. The highest BCUT2D eigenvalue weighted by Crippen LogP contribution is 2.27. The van der Waals surface area contributed by atoms with Crippen LogP contribution in [0.5, 0.6) is 0 Å². The molecule has 0 saturated carbocycles. The van der Waals surface area contributed by atoms with E-state index in [4.69, 9.17) is 10.7 Å². The van der Waals surface area contributed by atoms with Crippen LogP contribution in [-0.2, 0) is 13.6 Å². The van der Waals surface area contributed by atoms with Crippen molar-refractivity contribution in [2.45, 2.75) is 6.54 Å². The first-order valence-corrected chi connectivity index (χ1v) is 6.71. The molecule has 0 spiro atoms. The molecule has 0 bridgehead atoms. The Hall–Kier alpha value is -2.73. The predicted octanol–water partition coefficient (Wildman–Crippen LogP) is 1.74. The fourth-order valence-electron chi connectivity index (χ4n) is 2.62. The minimum absolute atomic E-state index is 0.516. The van der Waals surface area contributed by atoms with E-state index in [9.17, 15) is 0 Å². The highest BCUT2D eigenvalue weighted by Gasteiger charge is 2.14. The van der Waals surface area contributed by atoms with Crippen molar-refractivity contribution in [3.05, 3.63) is 48.5 Å². The zero-order chi connectivity index (χ0) is 14.4. The lowest BCUT2D eigenvalue weighted by Gasteiger charge is -2.01. The number of aryl methyl sites for hydroxylation is 1. The van der Waals surface area contributed by atoms with Crippen molar-refractivity contribution in [3.8, 4) is 11.4 Å². The molecule has 0 saturated heterocycles. The summed E-state index contributed by atoms with van der Waals surface area (Å²) in [5.41, 5.74) is 10.7. The van der Waals surface area contributed by atoms with Gasteiger partial charge in [0.15, 0.2) is 0 Å². The van der Waals surface area contributed by atoms with Gasteiger partial charge in [0, 0.05) is 26.0 Å². The van der Waals surface area contributed by atoms with Crippen LogP contribution in [0.4, 0.5) is 0 Å². The molecule has 0 aliphatic carbocycles. The summed E-state index contributed by atoms with van der Waals surface area (Å²) in [7, 11) is 2.01. The maximum absolute atomic E-state index is 5.70. The molecule has 4 aromatic rings. The summed E-state index contributed by atoms with van der Waals surface area (Å²) in [5, 5.41) is 4.34.